The first-order valence-corrected chi connectivity index (χ1v) is 13.0. The second-order valence-electron chi connectivity index (χ2n) is 6.80. The molecule has 0 amide bonds. The van der Waals surface area contributed by atoms with Crippen molar-refractivity contribution in [3.05, 3.63) is 53.1 Å². The van der Waals surface area contributed by atoms with E-state index < -0.39 is 20.0 Å². The predicted molar refractivity (Wildman–Crippen MR) is 116 cm³/mol. The molecule has 10 heteroatoms. The van der Waals surface area contributed by atoms with Gasteiger partial charge in [0.05, 0.1) is 15.6 Å². The number of benzene rings is 2. The molecule has 2 aromatic carbocycles. The van der Waals surface area contributed by atoms with Crippen LogP contribution in [0.3, 0.4) is 0 Å². The molecular formula is C19H22Cl2N2O4S2. The highest BCUT2D eigenvalue weighted by Gasteiger charge is 2.29. The number of rotatable bonds is 8. The van der Waals surface area contributed by atoms with Gasteiger partial charge in [-0.25, -0.2) is 16.8 Å². The lowest BCUT2D eigenvalue weighted by Gasteiger charge is -2.17. The van der Waals surface area contributed by atoms with Gasteiger partial charge in [-0.1, -0.05) is 23.7 Å². The molecule has 1 aliphatic rings. The van der Waals surface area contributed by atoms with Crippen molar-refractivity contribution in [2.24, 2.45) is 0 Å². The summed E-state index contributed by atoms with van der Waals surface area (Å²) in [6, 6.07) is 10.6. The van der Waals surface area contributed by atoms with Gasteiger partial charge in [0.1, 0.15) is 4.90 Å². The number of hydrogen-bond donors (Lipinski definition) is 1. The standard InChI is InChI=1S/C19H22Cl2N2O4S2/c20-11-3-4-15-5-8-17(9-6-15)28(24,25)22-16-7-10-18(21)19(14-16)29(26,27)23-12-1-2-13-23/h5-10,14,22H,1-4,11-13H2. The number of hydrogen-bond acceptors (Lipinski definition) is 4. The van der Waals surface area contributed by atoms with Gasteiger partial charge in [-0.05, 0) is 61.6 Å². The Morgan fingerprint density at radius 2 is 1.62 bits per heavy atom. The zero-order valence-electron chi connectivity index (χ0n) is 15.6. The van der Waals surface area contributed by atoms with Crippen LogP contribution in [0.5, 0.6) is 0 Å². The van der Waals surface area contributed by atoms with Gasteiger partial charge in [-0.2, -0.15) is 4.31 Å². The first-order chi connectivity index (χ1) is 13.7. The highest BCUT2D eigenvalue weighted by atomic mass is 35.5. The summed E-state index contributed by atoms with van der Waals surface area (Å²) in [5.41, 5.74) is 1.13. The van der Waals surface area contributed by atoms with Crippen molar-refractivity contribution in [3.8, 4) is 0 Å². The van der Waals surface area contributed by atoms with Crippen molar-refractivity contribution >= 4 is 48.9 Å². The van der Waals surface area contributed by atoms with E-state index in [9.17, 15) is 16.8 Å². The van der Waals surface area contributed by atoms with E-state index in [0.717, 1.165) is 31.2 Å². The first-order valence-electron chi connectivity index (χ1n) is 9.21. The number of halogens is 2. The SMILES string of the molecule is O=S(=O)(Nc1ccc(Cl)c(S(=O)(=O)N2CCCC2)c1)c1ccc(CCCCl)cc1. The molecule has 0 saturated carbocycles. The minimum atomic E-state index is -3.87. The highest BCUT2D eigenvalue weighted by Crippen LogP contribution is 2.30. The second-order valence-corrected chi connectivity index (χ2v) is 11.2. The minimum Gasteiger partial charge on any atom is -0.280 e. The summed E-state index contributed by atoms with van der Waals surface area (Å²) in [7, 11) is -7.64. The van der Waals surface area contributed by atoms with Crippen LogP contribution in [0.25, 0.3) is 0 Å². The monoisotopic (exact) mass is 476 g/mol. The molecule has 0 unspecified atom stereocenters. The number of alkyl halides is 1. The van der Waals surface area contributed by atoms with Crippen LogP contribution in [0.4, 0.5) is 5.69 Å². The van der Waals surface area contributed by atoms with E-state index in [1.807, 2.05) is 0 Å². The fraction of sp³-hybridized carbons (Fsp3) is 0.368. The molecule has 29 heavy (non-hydrogen) atoms. The maximum atomic E-state index is 12.8. The van der Waals surface area contributed by atoms with Gasteiger partial charge in [0.2, 0.25) is 10.0 Å². The smallest absolute Gasteiger partial charge is 0.261 e. The second kappa shape index (κ2) is 9.22. The maximum Gasteiger partial charge on any atom is 0.261 e. The van der Waals surface area contributed by atoms with Crippen molar-refractivity contribution in [1.82, 2.24) is 4.31 Å². The lowest BCUT2D eigenvalue weighted by Crippen LogP contribution is -2.28. The van der Waals surface area contributed by atoms with E-state index in [-0.39, 0.29) is 20.5 Å². The molecule has 6 nitrogen and oxygen atoms in total. The first kappa shape index (κ1) is 22.4. The Bertz CT molecular complexity index is 1070. The number of nitrogens with zero attached hydrogens (tertiary/aromatic N) is 1. The fourth-order valence-corrected chi connectivity index (χ4v) is 6.35. The number of sulfonamides is 2. The van der Waals surface area contributed by atoms with Crippen molar-refractivity contribution in [1.29, 1.82) is 0 Å². The van der Waals surface area contributed by atoms with Crippen LogP contribution in [0.15, 0.2) is 52.3 Å². The van der Waals surface area contributed by atoms with Gasteiger partial charge in [-0.15, -0.1) is 11.6 Å². The van der Waals surface area contributed by atoms with Crippen molar-refractivity contribution < 1.29 is 16.8 Å². The Balaban J connectivity index is 1.84. The summed E-state index contributed by atoms with van der Waals surface area (Å²) in [5, 5.41) is 0.0588. The minimum absolute atomic E-state index is 0.0588. The summed E-state index contributed by atoms with van der Waals surface area (Å²) in [5.74, 6) is 0.543. The van der Waals surface area contributed by atoms with Crippen molar-refractivity contribution in [2.45, 2.75) is 35.5 Å². The normalized spacial score (nSPS) is 15.5. The Morgan fingerprint density at radius 3 is 2.24 bits per heavy atom. The van der Waals surface area contributed by atoms with Crippen LogP contribution in [-0.4, -0.2) is 40.1 Å². The summed E-state index contributed by atoms with van der Waals surface area (Å²) in [6.07, 6.45) is 3.17. The molecular weight excluding hydrogens is 455 g/mol. The number of aryl methyl sites for hydroxylation is 1. The summed E-state index contributed by atoms with van der Waals surface area (Å²) in [4.78, 5) is -0.0105. The third-order valence-electron chi connectivity index (χ3n) is 4.70. The Labute approximate surface area is 181 Å². The lowest BCUT2D eigenvalue weighted by atomic mass is 10.1. The molecule has 1 heterocycles. The molecule has 1 N–H and O–H groups in total. The van der Waals surface area contributed by atoms with Crippen LogP contribution in [0, 0.1) is 0 Å². The summed E-state index contributed by atoms with van der Waals surface area (Å²) >= 11 is 11.8. The highest BCUT2D eigenvalue weighted by molar-refractivity contribution is 7.92. The van der Waals surface area contributed by atoms with E-state index in [1.54, 1.807) is 12.1 Å². The van der Waals surface area contributed by atoms with E-state index in [2.05, 4.69) is 4.72 Å². The topological polar surface area (TPSA) is 83.5 Å². The van der Waals surface area contributed by atoms with Crippen molar-refractivity contribution in [3.63, 3.8) is 0 Å². The molecule has 2 aromatic rings. The lowest BCUT2D eigenvalue weighted by molar-refractivity contribution is 0.477. The van der Waals surface area contributed by atoms with Gasteiger partial charge < -0.3 is 0 Å². The molecule has 1 aliphatic heterocycles. The van der Waals surface area contributed by atoms with Crippen LogP contribution in [0.2, 0.25) is 5.02 Å². The van der Waals surface area contributed by atoms with Crippen molar-refractivity contribution in [2.75, 3.05) is 23.7 Å². The molecule has 3 rings (SSSR count). The molecule has 0 bridgehead atoms. The average Bonchev–Trinajstić information content (AvgIpc) is 3.23. The Morgan fingerprint density at radius 1 is 0.966 bits per heavy atom. The van der Waals surface area contributed by atoms with Gasteiger partial charge in [0.25, 0.3) is 10.0 Å². The van der Waals surface area contributed by atoms with E-state index in [1.165, 1.54) is 34.6 Å². The number of nitrogens with one attached hydrogen (secondary N) is 1. The fourth-order valence-electron chi connectivity index (χ4n) is 3.15. The molecule has 0 aliphatic carbocycles. The molecule has 0 aromatic heterocycles. The average molecular weight is 477 g/mol. The molecule has 0 atom stereocenters. The van der Waals surface area contributed by atoms with Gasteiger partial charge >= 0.3 is 0 Å². The quantitative estimate of drug-likeness (QED) is 0.581. The Kier molecular flexibility index (Phi) is 7.11. The van der Waals surface area contributed by atoms with Gasteiger partial charge in [-0.3, -0.25) is 4.72 Å². The van der Waals surface area contributed by atoms with Crippen LogP contribution in [0.1, 0.15) is 24.8 Å². The Hall–Kier alpha value is -1.32. The van der Waals surface area contributed by atoms with Crippen LogP contribution >= 0.6 is 23.2 Å². The summed E-state index contributed by atoms with van der Waals surface area (Å²) < 4.78 is 54.9. The largest absolute Gasteiger partial charge is 0.280 e. The van der Waals surface area contributed by atoms with Crippen LogP contribution in [-0.2, 0) is 26.5 Å². The van der Waals surface area contributed by atoms with Gasteiger partial charge in [0, 0.05) is 19.0 Å². The van der Waals surface area contributed by atoms with E-state index in [4.69, 9.17) is 23.2 Å². The predicted octanol–water partition coefficient (Wildman–Crippen LogP) is 4.10. The molecule has 1 fully saturated rings. The van der Waals surface area contributed by atoms with E-state index >= 15 is 0 Å². The summed E-state index contributed by atoms with van der Waals surface area (Å²) in [6.45, 7) is 0.870. The molecule has 0 spiro atoms. The zero-order valence-corrected chi connectivity index (χ0v) is 18.8. The maximum absolute atomic E-state index is 12.8. The third kappa shape index (κ3) is 5.24. The van der Waals surface area contributed by atoms with E-state index in [0.29, 0.717) is 19.0 Å². The van der Waals surface area contributed by atoms with Gasteiger partial charge in [0.15, 0.2) is 0 Å². The van der Waals surface area contributed by atoms with Crippen LogP contribution < -0.4 is 4.72 Å². The zero-order chi connectivity index (χ0) is 21.1. The third-order valence-corrected chi connectivity index (χ3v) is 8.74. The molecule has 0 radical (unpaired) electrons. The molecule has 158 valence electrons. The molecule has 1 saturated heterocycles. The number of anilines is 1.